The fraction of sp³-hybridized carbons (Fsp3) is 0.571. The van der Waals surface area contributed by atoms with Gasteiger partial charge >= 0.3 is 6.03 Å². The first-order valence-electron chi connectivity index (χ1n) is 10.4. The van der Waals surface area contributed by atoms with Gasteiger partial charge in [-0.2, -0.15) is 0 Å². The van der Waals surface area contributed by atoms with Gasteiger partial charge in [-0.05, 0) is 37.8 Å². The molecule has 1 aromatic carbocycles. The van der Waals surface area contributed by atoms with Crippen molar-refractivity contribution in [1.82, 2.24) is 20.4 Å². The Morgan fingerprint density at radius 2 is 2.00 bits per heavy atom. The fourth-order valence-electron chi connectivity index (χ4n) is 4.36. The predicted molar refractivity (Wildman–Crippen MR) is 106 cm³/mol. The third-order valence-corrected chi connectivity index (χ3v) is 5.88. The van der Waals surface area contributed by atoms with Crippen molar-refractivity contribution in [3.05, 3.63) is 35.9 Å². The standard InChI is InChI=1S/C21H28N4O4/c26-18(23-12-16-8-5-11-29-16)14-24-17-9-4-10-22-19(17)20(27)25(21(24)28)13-15-6-2-1-3-7-15/h1-3,6-7,16-17,19,22H,4-5,8-14H2,(H,23,26). The number of nitrogens with one attached hydrogen (secondary N) is 2. The Balaban J connectivity index is 1.46. The van der Waals surface area contributed by atoms with Crippen LogP contribution in [-0.2, 0) is 20.9 Å². The predicted octanol–water partition coefficient (Wildman–Crippen LogP) is 0.867. The van der Waals surface area contributed by atoms with Crippen molar-refractivity contribution in [3.8, 4) is 0 Å². The fourth-order valence-corrected chi connectivity index (χ4v) is 4.36. The van der Waals surface area contributed by atoms with E-state index in [-0.39, 0.29) is 37.0 Å². The molecule has 3 unspecified atom stereocenters. The van der Waals surface area contributed by atoms with E-state index in [0.717, 1.165) is 38.0 Å². The van der Waals surface area contributed by atoms with E-state index < -0.39 is 12.1 Å². The van der Waals surface area contributed by atoms with Crippen molar-refractivity contribution in [1.29, 1.82) is 0 Å². The minimum atomic E-state index is -0.462. The molecule has 8 nitrogen and oxygen atoms in total. The minimum Gasteiger partial charge on any atom is -0.376 e. The van der Waals surface area contributed by atoms with E-state index in [0.29, 0.717) is 13.0 Å². The highest BCUT2D eigenvalue weighted by atomic mass is 16.5. The first-order valence-corrected chi connectivity index (χ1v) is 10.4. The highest BCUT2D eigenvalue weighted by Gasteiger charge is 2.47. The zero-order valence-corrected chi connectivity index (χ0v) is 16.5. The van der Waals surface area contributed by atoms with Crippen molar-refractivity contribution in [2.75, 3.05) is 26.2 Å². The second-order valence-corrected chi connectivity index (χ2v) is 7.90. The van der Waals surface area contributed by atoms with Crippen molar-refractivity contribution in [2.45, 2.75) is 50.4 Å². The average molecular weight is 400 g/mol. The third-order valence-electron chi connectivity index (χ3n) is 5.88. The lowest BCUT2D eigenvalue weighted by atomic mass is 9.93. The normalized spacial score (nSPS) is 27.1. The number of carbonyl (C=O) groups excluding carboxylic acids is 3. The van der Waals surface area contributed by atoms with Gasteiger partial charge in [-0.15, -0.1) is 0 Å². The molecule has 3 saturated heterocycles. The van der Waals surface area contributed by atoms with Gasteiger partial charge < -0.3 is 20.3 Å². The van der Waals surface area contributed by atoms with Crippen LogP contribution in [0.3, 0.4) is 0 Å². The molecule has 0 aromatic heterocycles. The Bertz CT molecular complexity index is 750. The summed E-state index contributed by atoms with van der Waals surface area (Å²) in [4.78, 5) is 41.6. The maximum absolute atomic E-state index is 13.2. The number of piperidine rings is 1. The maximum atomic E-state index is 13.2. The molecule has 0 spiro atoms. The van der Waals surface area contributed by atoms with E-state index in [9.17, 15) is 14.4 Å². The first-order chi connectivity index (χ1) is 14.1. The lowest BCUT2D eigenvalue weighted by Gasteiger charge is -2.46. The van der Waals surface area contributed by atoms with Gasteiger partial charge in [0.2, 0.25) is 11.8 Å². The zero-order chi connectivity index (χ0) is 20.2. The van der Waals surface area contributed by atoms with Crippen molar-refractivity contribution < 1.29 is 19.1 Å². The number of carbonyl (C=O) groups is 3. The summed E-state index contributed by atoms with van der Waals surface area (Å²) in [7, 11) is 0. The Labute approximate surface area is 170 Å². The number of urea groups is 1. The summed E-state index contributed by atoms with van der Waals surface area (Å²) < 4.78 is 5.54. The highest BCUT2D eigenvalue weighted by Crippen LogP contribution is 2.25. The molecule has 3 aliphatic rings. The van der Waals surface area contributed by atoms with Crippen molar-refractivity contribution >= 4 is 17.8 Å². The smallest absolute Gasteiger partial charge is 0.327 e. The zero-order valence-electron chi connectivity index (χ0n) is 16.5. The Morgan fingerprint density at radius 1 is 1.17 bits per heavy atom. The van der Waals surface area contributed by atoms with Gasteiger partial charge in [0.25, 0.3) is 0 Å². The third kappa shape index (κ3) is 4.43. The molecule has 156 valence electrons. The number of benzene rings is 1. The van der Waals surface area contributed by atoms with Gasteiger partial charge in [0.1, 0.15) is 12.6 Å². The molecule has 1 aromatic rings. The van der Waals surface area contributed by atoms with E-state index in [1.807, 2.05) is 30.3 Å². The Kier molecular flexibility index (Phi) is 6.10. The van der Waals surface area contributed by atoms with Crippen LogP contribution >= 0.6 is 0 Å². The van der Waals surface area contributed by atoms with E-state index in [2.05, 4.69) is 10.6 Å². The molecule has 3 aliphatic heterocycles. The molecule has 0 bridgehead atoms. The maximum Gasteiger partial charge on any atom is 0.327 e. The summed E-state index contributed by atoms with van der Waals surface area (Å²) in [5.74, 6) is -0.424. The molecular formula is C21H28N4O4. The quantitative estimate of drug-likeness (QED) is 0.739. The Hall–Kier alpha value is -2.45. The number of fused-ring (bicyclic) bond motifs is 1. The van der Waals surface area contributed by atoms with Crippen LogP contribution in [-0.4, -0.2) is 72.1 Å². The summed E-state index contributed by atoms with van der Waals surface area (Å²) >= 11 is 0. The number of imide groups is 1. The number of amides is 4. The molecule has 0 radical (unpaired) electrons. The molecule has 2 N–H and O–H groups in total. The number of nitrogens with zero attached hydrogens (tertiary/aromatic N) is 2. The summed E-state index contributed by atoms with van der Waals surface area (Å²) in [6.07, 6.45) is 3.59. The van der Waals surface area contributed by atoms with Crippen LogP contribution in [0.2, 0.25) is 0 Å². The van der Waals surface area contributed by atoms with Crippen molar-refractivity contribution in [2.24, 2.45) is 0 Å². The molecular weight excluding hydrogens is 372 g/mol. The summed E-state index contributed by atoms with van der Waals surface area (Å²) in [5, 5.41) is 6.13. The molecule has 3 heterocycles. The van der Waals surface area contributed by atoms with E-state index in [1.165, 1.54) is 4.90 Å². The van der Waals surface area contributed by atoms with E-state index in [4.69, 9.17) is 4.74 Å². The van der Waals surface area contributed by atoms with E-state index >= 15 is 0 Å². The first kappa shape index (κ1) is 19.8. The summed E-state index contributed by atoms with van der Waals surface area (Å²) in [5.41, 5.74) is 0.881. The van der Waals surface area contributed by atoms with Crippen LogP contribution < -0.4 is 10.6 Å². The molecule has 4 rings (SSSR count). The second kappa shape index (κ2) is 8.92. The average Bonchev–Trinajstić information content (AvgIpc) is 3.27. The molecule has 8 heteroatoms. The topological polar surface area (TPSA) is 91.0 Å². The number of rotatable bonds is 6. The SMILES string of the molecule is O=C(CN1C(=O)N(Cc2ccccc2)C(=O)C2NCCCC21)NCC1CCCO1. The van der Waals surface area contributed by atoms with Crippen LogP contribution in [0.1, 0.15) is 31.2 Å². The second-order valence-electron chi connectivity index (χ2n) is 7.90. The van der Waals surface area contributed by atoms with Crippen LogP contribution in [0.25, 0.3) is 0 Å². The molecule has 0 aliphatic carbocycles. The molecule has 29 heavy (non-hydrogen) atoms. The van der Waals surface area contributed by atoms with Crippen LogP contribution in [0.4, 0.5) is 4.79 Å². The molecule has 4 amide bonds. The molecule has 3 fully saturated rings. The summed E-state index contributed by atoms with van der Waals surface area (Å²) in [6.45, 7) is 2.08. The van der Waals surface area contributed by atoms with Crippen LogP contribution in [0, 0.1) is 0 Å². The lowest BCUT2D eigenvalue weighted by Crippen LogP contribution is -2.70. The van der Waals surface area contributed by atoms with E-state index in [1.54, 1.807) is 4.90 Å². The van der Waals surface area contributed by atoms with Gasteiger partial charge in [0.05, 0.1) is 18.7 Å². The minimum absolute atomic E-state index is 0.0486. The van der Waals surface area contributed by atoms with Gasteiger partial charge in [-0.25, -0.2) is 4.79 Å². The Morgan fingerprint density at radius 3 is 2.76 bits per heavy atom. The largest absolute Gasteiger partial charge is 0.376 e. The number of ether oxygens (including phenoxy) is 1. The highest BCUT2D eigenvalue weighted by molar-refractivity contribution is 6.01. The summed E-state index contributed by atoms with van der Waals surface area (Å²) in [6, 6.07) is 8.29. The number of hydrogen-bond donors (Lipinski definition) is 2. The monoisotopic (exact) mass is 400 g/mol. The van der Waals surface area contributed by atoms with Gasteiger partial charge in [0, 0.05) is 13.2 Å². The molecule has 0 saturated carbocycles. The van der Waals surface area contributed by atoms with Gasteiger partial charge in [0.15, 0.2) is 0 Å². The van der Waals surface area contributed by atoms with Gasteiger partial charge in [-0.1, -0.05) is 30.3 Å². The molecule has 3 atom stereocenters. The van der Waals surface area contributed by atoms with Crippen LogP contribution in [0.15, 0.2) is 30.3 Å². The lowest BCUT2D eigenvalue weighted by molar-refractivity contribution is -0.139. The number of hydrogen-bond acceptors (Lipinski definition) is 5. The van der Waals surface area contributed by atoms with Gasteiger partial charge in [-0.3, -0.25) is 14.5 Å². The van der Waals surface area contributed by atoms with Crippen LogP contribution in [0.5, 0.6) is 0 Å². The van der Waals surface area contributed by atoms with Crippen molar-refractivity contribution in [3.63, 3.8) is 0 Å².